The van der Waals surface area contributed by atoms with Gasteiger partial charge in [-0.25, -0.2) is 0 Å². The van der Waals surface area contributed by atoms with Crippen LogP contribution in [0.2, 0.25) is 5.02 Å². The second-order valence-electron chi connectivity index (χ2n) is 7.50. The molecule has 2 heteroatoms. The lowest BCUT2D eigenvalue weighted by molar-refractivity contribution is 0.722. The number of halogens is 1. The molecule has 3 aromatic carbocycles. The van der Waals surface area contributed by atoms with Crippen LogP contribution in [0.25, 0.3) is 0 Å². The molecule has 0 fully saturated rings. The van der Waals surface area contributed by atoms with E-state index in [-0.39, 0.29) is 0 Å². The predicted molar refractivity (Wildman–Crippen MR) is 122 cm³/mol. The van der Waals surface area contributed by atoms with Gasteiger partial charge in [0.05, 0.1) is 5.41 Å². The summed E-state index contributed by atoms with van der Waals surface area (Å²) in [4.78, 5) is 4.86. The van der Waals surface area contributed by atoms with Crippen LogP contribution in [0.5, 0.6) is 0 Å². The zero-order valence-corrected chi connectivity index (χ0v) is 17.7. The van der Waals surface area contributed by atoms with E-state index in [2.05, 4.69) is 92.7 Å². The van der Waals surface area contributed by atoms with E-state index in [0.29, 0.717) is 0 Å². The monoisotopic (exact) mass is 397 g/mol. The van der Waals surface area contributed by atoms with Crippen molar-refractivity contribution in [1.29, 1.82) is 0 Å². The number of benzene rings is 3. The number of hydrogen-bond donors (Lipinski definition) is 0. The Balaban J connectivity index is 2.25. The Morgan fingerprint density at radius 3 is 1.72 bits per heavy atom. The van der Waals surface area contributed by atoms with Gasteiger partial charge < -0.3 is 0 Å². The molecule has 4 rings (SSSR count). The molecule has 0 aliphatic heterocycles. The van der Waals surface area contributed by atoms with E-state index in [1.807, 2.05) is 19.1 Å². The first-order chi connectivity index (χ1) is 14.0. The quantitative estimate of drug-likeness (QED) is 0.336. The van der Waals surface area contributed by atoms with Gasteiger partial charge >= 0.3 is 0 Å². The van der Waals surface area contributed by atoms with E-state index < -0.39 is 5.41 Å². The maximum atomic E-state index is 6.87. The summed E-state index contributed by atoms with van der Waals surface area (Å²) >= 11 is 6.87. The first-order valence-corrected chi connectivity index (χ1v) is 10.2. The molecule has 0 atom stereocenters. The molecule has 4 aromatic rings. The van der Waals surface area contributed by atoms with E-state index in [1.54, 1.807) is 0 Å². The molecule has 1 aromatic heterocycles. The Morgan fingerprint density at radius 1 is 0.690 bits per heavy atom. The van der Waals surface area contributed by atoms with Gasteiger partial charge in [-0.1, -0.05) is 90.5 Å². The van der Waals surface area contributed by atoms with Crippen LogP contribution in [0, 0.1) is 20.8 Å². The number of pyridine rings is 1. The summed E-state index contributed by atoms with van der Waals surface area (Å²) in [6.07, 6.45) is 0. The highest BCUT2D eigenvalue weighted by Crippen LogP contribution is 2.49. The standard InChI is InChI=1S/C27H24ClN/c1-19-18-20(2)29-21(3)26(19)27(22-12-6-4-7-13-22,23-14-8-5-9-15-23)24-16-10-11-17-25(24)28/h4-18H,1-3H3. The normalized spacial score (nSPS) is 11.4. The third-order valence-electron chi connectivity index (χ3n) is 5.59. The lowest BCUT2D eigenvalue weighted by Gasteiger charge is -2.39. The van der Waals surface area contributed by atoms with Crippen molar-refractivity contribution < 1.29 is 0 Å². The van der Waals surface area contributed by atoms with Gasteiger partial charge in [-0.2, -0.15) is 0 Å². The van der Waals surface area contributed by atoms with Crippen molar-refractivity contribution in [1.82, 2.24) is 4.98 Å². The van der Waals surface area contributed by atoms with E-state index in [9.17, 15) is 0 Å². The van der Waals surface area contributed by atoms with Gasteiger partial charge in [0.2, 0.25) is 0 Å². The van der Waals surface area contributed by atoms with Crippen LogP contribution in [-0.2, 0) is 5.41 Å². The minimum absolute atomic E-state index is 0.560. The number of rotatable bonds is 4. The van der Waals surface area contributed by atoms with Crippen molar-refractivity contribution in [2.45, 2.75) is 26.2 Å². The summed E-state index contributed by atoms with van der Waals surface area (Å²) in [6.45, 7) is 6.33. The van der Waals surface area contributed by atoms with Crippen LogP contribution in [0.3, 0.4) is 0 Å². The SMILES string of the molecule is Cc1cc(C)c(C(c2ccccc2)(c2ccccc2)c2ccccc2Cl)c(C)n1. The number of hydrogen-bond acceptors (Lipinski definition) is 1. The highest BCUT2D eigenvalue weighted by Gasteiger charge is 2.42. The highest BCUT2D eigenvalue weighted by molar-refractivity contribution is 6.31. The third kappa shape index (κ3) is 3.26. The van der Waals surface area contributed by atoms with Crippen LogP contribution in [-0.4, -0.2) is 4.98 Å². The number of nitrogens with zero attached hydrogens (tertiary/aromatic N) is 1. The van der Waals surface area contributed by atoms with E-state index in [4.69, 9.17) is 16.6 Å². The number of aryl methyl sites for hydroxylation is 3. The van der Waals surface area contributed by atoms with Crippen LogP contribution in [0.1, 0.15) is 39.2 Å². The van der Waals surface area contributed by atoms with Gasteiger partial charge in [-0.3, -0.25) is 4.98 Å². The molecular formula is C27H24ClN. The van der Waals surface area contributed by atoms with E-state index >= 15 is 0 Å². The summed E-state index contributed by atoms with van der Waals surface area (Å²) in [5.41, 5.74) is 7.31. The Kier molecular flexibility index (Phi) is 5.25. The Labute approximate surface area is 178 Å². The maximum Gasteiger partial charge on any atom is 0.0736 e. The Bertz CT molecular complexity index is 1070. The average molecular weight is 398 g/mol. The first-order valence-electron chi connectivity index (χ1n) is 9.86. The van der Waals surface area contributed by atoms with Crippen molar-refractivity contribution in [3.8, 4) is 0 Å². The summed E-state index contributed by atoms with van der Waals surface area (Å²) in [7, 11) is 0. The molecule has 0 aliphatic carbocycles. The van der Waals surface area contributed by atoms with E-state index in [1.165, 1.54) is 22.3 Å². The molecule has 0 amide bonds. The number of aromatic nitrogens is 1. The van der Waals surface area contributed by atoms with Crippen molar-refractivity contribution >= 4 is 11.6 Å². The summed E-state index contributed by atoms with van der Waals surface area (Å²) in [5, 5.41) is 0.750. The second kappa shape index (κ2) is 7.85. The van der Waals surface area contributed by atoms with Gasteiger partial charge in [-0.15, -0.1) is 0 Å². The van der Waals surface area contributed by atoms with Crippen molar-refractivity contribution in [2.75, 3.05) is 0 Å². The van der Waals surface area contributed by atoms with E-state index in [0.717, 1.165) is 22.0 Å². The fourth-order valence-corrected chi connectivity index (χ4v) is 4.91. The summed E-state index contributed by atoms with van der Waals surface area (Å²) in [6, 6.07) is 31.6. The van der Waals surface area contributed by atoms with Gasteiger partial charge in [0, 0.05) is 16.4 Å². The Hall–Kier alpha value is -2.90. The topological polar surface area (TPSA) is 12.9 Å². The molecule has 0 bridgehead atoms. The fourth-order valence-electron chi connectivity index (χ4n) is 4.63. The Morgan fingerprint density at radius 2 is 1.21 bits per heavy atom. The summed E-state index contributed by atoms with van der Waals surface area (Å²) < 4.78 is 0. The predicted octanol–water partition coefficient (Wildman–Crippen LogP) is 7.04. The zero-order valence-electron chi connectivity index (χ0n) is 17.0. The molecule has 0 N–H and O–H groups in total. The molecule has 0 spiro atoms. The molecule has 29 heavy (non-hydrogen) atoms. The van der Waals surface area contributed by atoms with Crippen molar-refractivity contribution in [3.05, 3.63) is 135 Å². The minimum atomic E-state index is -0.560. The summed E-state index contributed by atoms with van der Waals surface area (Å²) in [5.74, 6) is 0. The van der Waals surface area contributed by atoms with Gasteiger partial charge in [0.15, 0.2) is 0 Å². The van der Waals surface area contributed by atoms with Gasteiger partial charge in [0.25, 0.3) is 0 Å². The lowest BCUT2D eigenvalue weighted by Crippen LogP contribution is -2.33. The van der Waals surface area contributed by atoms with Crippen LogP contribution in [0.15, 0.2) is 91.0 Å². The molecule has 1 nitrogen and oxygen atoms in total. The molecular weight excluding hydrogens is 374 g/mol. The molecule has 0 aliphatic rings. The van der Waals surface area contributed by atoms with Crippen molar-refractivity contribution in [2.24, 2.45) is 0 Å². The smallest absolute Gasteiger partial charge is 0.0736 e. The van der Waals surface area contributed by atoms with Crippen LogP contribution < -0.4 is 0 Å². The minimum Gasteiger partial charge on any atom is -0.258 e. The molecule has 0 saturated carbocycles. The second-order valence-corrected chi connectivity index (χ2v) is 7.91. The third-order valence-corrected chi connectivity index (χ3v) is 5.92. The van der Waals surface area contributed by atoms with Gasteiger partial charge in [0.1, 0.15) is 0 Å². The van der Waals surface area contributed by atoms with Crippen LogP contribution >= 0.6 is 11.6 Å². The average Bonchev–Trinajstić information content (AvgIpc) is 2.72. The van der Waals surface area contributed by atoms with Crippen LogP contribution in [0.4, 0.5) is 0 Å². The van der Waals surface area contributed by atoms with Crippen molar-refractivity contribution in [3.63, 3.8) is 0 Å². The molecule has 0 saturated heterocycles. The molecule has 0 radical (unpaired) electrons. The molecule has 0 unspecified atom stereocenters. The molecule has 1 heterocycles. The first kappa shape index (κ1) is 19.4. The largest absolute Gasteiger partial charge is 0.258 e. The molecule has 144 valence electrons. The lowest BCUT2D eigenvalue weighted by atomic mass is 9.63. The maximum absolute atomic E-state index is 6.87. The van der Waals surface area contributed by atoms with Gasteiger partial charge in [-0.05, 0) is 60.7 Å². The zero-order chi connectivity index (χ0) is 20.4. The fraction of sp³-hybridized carbons (Fsp3) is 0.148. The highest BCUT2D eigenvalue weighted by atomic mass is 35.5.